The van der Waals surface area contributed by atoms with E-state index in [2.05, 4.69) is 15.6 Å². The molecular formula is C19H19N3O3S. The maximum absolute atomic E-state index is 12.1. The number of nitrogens with zero attached hydrogens (tertiary/aromatic N) is 1. The number of benzene rings is 1. The number of ether oxygens (including phenoxy) is 2. The minimum absolute atomic E-state index is 0.297. The van der Waals surface area contributed by atoms with Crippen molar-refractivity contribution in [3.05, 3.63) is 65.0 Å². The average Bonchev–Trinajstić information content (AvgIpc) is 3.17. The average molecular weight is 369 g/mol. The van der Waals surface area contributed by atoms with Gasteiger partial charge in [0.05, 0.1) is 7.11 Å². The van der Waals surface area contributed by atoms with Crippen LogP contribution in [0.2, 0.25) is 0 Å². The summed E-state index contributed by atoms with van der Waals surface area (Å²) in [5, 5.41) is 7.63. The van der Waals surface area contributed by atoms with E-state index >= 15 is 0 Å². The lowest BCUT2D eigenvalue weighted by atomic mass is 10.3. The highest BCUT2D eigenvalue weighted by Crippen LogP contribution is 2.27. The minimum Gasteiger partial charge on any atom is -0.497 e. The molecule has 0 saturated carbocycles. The van der Waals surface area contributed by atoms with Crippen LogP contribution in [-0.2, 0) is 6.42 Å². The quantitative estimate of drug-likeness (QED) is 0.651. The molecule has 0 aliphatic heterocycles. The highest BCUT2D eigenvalue weighted by Gasteiger charge is 2.10. The number of carbonyl (C=O) groups excluding carboxylic acids is 1. The molecule has 0 fully saturated rings. The first-order valence-corrected chi connectivity index (χ1v) is 8.97. The standard InChI is InChI=1S/C19H19N3O3S/c1-24-14-6-8-15(9-7-14)25-18-17(5-2-11-20-18)22-19(23)21-12-10-16-4-3-13-26-16/h2-9,11,13H,10,12H2,1H3,(H2,21,22,23). The van der Waals surface area contributed by atoms with E-state index in [0.29, 0.717) is 23.9 Å². The molecule has 3 aromatic rings. The molecule has 2 heterocycles. The zero-order chi connectivity index (χ0) is 18.2. The molecule has 0 radical (unpaired) electrons. The fraction of sp³-hybridized carbons (Fsp3) is 0.158. The molecule has 0 atom stereocenters. The van der Waals surface area contributed by atoms with E-state index in [9.17, 15) is 4.79 Å². The number of urea groups is 1. The Kier molecular flexibility index (Phi) is 6.05. The first-order valence-electron chi connectivity index (χ1n) is 8.09. The lowest BCUT2D eigenvalue weighted by Crippen LogP contribution is -2.30. The van der Waals surface area contributed by atoms with Gasteiger partial charge in [-0.1, -0.05) is 6.07 Å². The second-order valence-electron chi connectivity index (χ2n) is 5.34. The van der Waals surface area contributed by atoms with Gasteiger partial charge in [-0.2, -0.15) is 0 Å². The van der Waals surface area contributed by atoms with Gasteiger partial charge < -0.3 is 20.1 Å². The maximum Gasteiger partial charge on any atom is 0.319 e. The van der Waals surface area contributed by atoms with Crippen LogP contribution in [0.5, 0.6) is 17.4 Å². The number of pyridine rings is 1. The molecule has 0 saturated heterocycles. The predicted octanol–water partition coefficient (Wildman–Crippen LogP) is 4.31. The second-order valence-corrected chi connectivity index (χ2v) is 6.38. The molecule has 2 N–H and O–H groups in total. The first-order chi connectivity index (χ1) is 12.7. The molecule has 7 heteroatoms. The summed E-state index contributed by atoms with van der Waals surface area (Å²) in [5.74, 6) is 1.67. The van der Waals surface area contributed by atoms with Crippen LogP contribution in [-0.4, -0.2) is 24.7 Å². The van der Waals surface area contributed by atoms with Crippen LogP contribution in [0.3, 0.4) is 0 Å². The zero-order valence-electron chi connectivity index (χ0n) is 14.3. The van der Waals surface area contributed by atoms with Gasteiger partial charge in [0.15, 0.2) is 0 Å². The number of nitrogens with one attached hydrogen (secondary N) is 2. The normalized spacial score (nSPS) is 10.2. The lowest BCUT2D eigenvalue weighted by molar-refractivity contribution is 0.252. The number of hydrogen-bond donors (Lipinski definition) is 2. The Balaban J connectivity index is 1.58. The molecule has 0 aliphatic rings. The summed E-state index contributed by atoms with van der Waals surface area (Å²) >= 11 is 1.67. The molecule has 134 valence electrons. The van der Waals surface area contributed by atoms with Crippen LogP contribution in [0.15, 0.2) is 60.1 Å². The summed E-state index contributed by atoms with van der Waals surface area (Å²) < 4.78 is 10.9. The number of amides is 2. The van der Waals surface area contributed by atoms with Crippen molar-refractivity contribution in [2.45, 2.75) is 6.42 Å². The number of hydrogen-bond acceptors (Lipinski definition) is 5. The molecule has 6 nitrogen and oxygen atoms in total. The van der Waals surface area contributed by atoms with E-state index < -0.39 is 0 Å². The minimum atomic E-state index is -0.297. The summed E-state index contributed by atoms with van der Waals surface area (Å²) in [7, 11) is 1.60. The van der Waals surface area contributed by atoms with Gasteiger partial charge in [0.1, 0.15) is 17.2 Å². The third-order valence-corrected chi connectivity index (χ3v) is 4.47. The summed E-state index contributed by atoms with van der Waals surface area (Å²) in [6.07, 6.45) is 2.41. The van der Waals surface area contributed by atoms with Crippen LogP contribution in [0.4, 0.5) is 10.5 Å². The molecule has 0 aliphatic carbocycles. The Morgan fingerprint density at radius 3 is 2.65 bits per heavy atom. The molecule has 26 heavy (non-hydrogen) atoms. The third kappa shape index (κ3) is 4.97. The van der Waals surface area contributed by atoms with Crippen molar-refractivity contribution in [3.8, 4) is 17.4 Å². The van der Waals surface area contributed by atoms with Crippen LogP contribution in [0.1, 0.15) is 4.88 Å². The van der Waals surface area contributed by atoms with Gasteiger partial charge in [0.2, 0.25) is 5.88 Å². The van der Waals surface area contributed by atoms with Crippen molar-refractivity contribution < 1.29 is 14.3 Å². The molecule has 0 bridgehead atoms. The van der Waals surface area contributed by atoms with Crippen molar-refractivity contribution in [2.24, 2.45) is 0 Å². The van der Waals surface area contributed by atoms with Crippen molar-refractivity contribution >= 4 is 23.1 Å². The van der Waals surface area contributed by atoms with Crippen molar-refractivity contribution in [2.75, 3.05) is 19.0 Å². The van der Waals surface area contributed by atoms with E-state index in [1.807, 2.05) is 17.5 Å². The Bertz CT molecular complexity index is 836. The number of anilines is 1. The van der Waals surface area contributed by atoms with Gasteiger partial charge in [-0.05, 0) is 54.3 Å². The predicted molar refractivity (Wildman–Crippen MR) is 102 cm³/mol. The van der Waals surface area contributed by atoms with E-state index in [1.54, 1.807) is 61.0 Å². The van der Waals surface area contributed by atoms with Gasteiger partial charge in [0, 0.05) is 17.6 Å². The molecule has 0 unspecified atom stereocenters. The van der Waals surface area contributed by atoms with Crippen molar-refractivity contribution in [1.29, 1.82) is 0 Å². The first kappa shape index (κ1) is 17.8. The summed E-state index contributed by atoms with van der Waals surface area (Å²) in [6.45, 7) is 0.557. The fourth-order valence-electron chi connectivity index (χ4n) is 2.24. The van der Waals surface area contributed by atoms with E-state index in [1.165, 1.54) is 4.88 Å². The number of rotatable bonds is 7. The second kappa shape index (κ2) is 8.87. The number of thiophene rings is 1. The highest BCUT2D eigenvalue weighted by atomic mass is 32.1. The largest absolute Gasteiger partial charge is 0.497 e. The number of methoxy groups -OCH3 is 1. The Hall–Kier alpha value is -3.06. The van der Waals surface area contributed by atoms with Crippen LogP contribution in [0, 0.1) is 0 Å². The van der Waals surface area contributed by atoms with Crippen LogP contribution in [0.25, 0.3) is 0 Å². The van der Waals surface area contributed by atoms with Crippen LogP contribution < -0.4 is 20.1 Å². The Labute approximate surface area is 155 Å². The summed E-state index contributed by atoms with van der Waals surface area (Å²) in [6, 6.07) is 14.4. The van der Waals surface area contributed by atoms with Crippen molar-refractivity contribution in [3.63, 3.8) is 0 Å². The van der Waals surface area contributed by atoms with Crippen LogP contribution >= 0.6 is 11.3 Å². The van der Waals surface area contributed by atoms with Gasteiger partial charge in [-0.25, -0.2) is 9.78 Å². The SMILES string of the molecule is COc1ccc(Oc2ncccc2NC(=O)NCCc2cccs2)cc1. The Morgan fingerprint density at radius 2 is 1.92 bits per heavy atom. The topological polar surface area (TPSA) is 72.5 Å². The van der Waals surface area contributed by atoms with E-state index in [0.717, 1.165) is 12.2 Å². The molecular weight excluding hydrogens is 350 g/mol. The molecule has 2 amide bonds. The molecule has 1 aromatic carbocycles. The monoisotopic (exact) mass is 369 g/mol. The van der Waals surface area contributed by atoms with Gasteiger partial charge in [0.25, 0.3) is 0 Å². The van der Waals surface area contributed by atoms with E-state index in [4.69, 9.17) is 9.47 Å². The van der Waals surface area contributed by atoms with Gasteiger partial charge in [-0.15, -0.1) is 11.3 Å². The maximum atomic E-state index is 12.1. The highest BCUT2D eigenvalue weighted by molar-refractivity contribution is 7.09. The zero-order valence-corrected chi connectivity index (χ0v) is 15.1. The third-order valence-electron chi connectivity index (χ3n) is 3.53. The van der Waals surface area contributed by atoms with E-state index in [-0.39, 0.29) is 6.03 Å². The van der Waals surface area contributed by atoms with Crippen molar-refractivity contribution in [1.82, 2.24) is 10.3 Å². The fourth-order valence-corrected chi connectivity index (χ4v) is 2.95. The number of aromatic nitrogens is 1. The summed E-state index contributed by atoms with van der Waals surface area (Å²) in [5.41, 5.74) is 0.497. The smallest absolute Gasteiger partial charge is 0.319 e. The molecule has 0 spiro atoms. The Morgan fingerprint density at radius 1 is 1.12 bits per heavy atom. The lowest BCUT2D eigenvalue weighted by Gasteiger charge is -2.12. The molecule has 3 rings (SSSR count). The molecule has 2 aromatic heterocycles. The number of carbonyl (C=O) groups is 1. The van der Waals surface area contributed by atoms with Gasteiger partial charge in [-0.3, -0.25) is 0 Å². The summed E-state index contributed by atoms with van der Waals surface area (Å²) in [4.78, 5) is 17.5. The van der Waals surface area contributed by atoms with Gasteiger partial charge >= 0.3 is 6.03 Å².